The fourth-order valence-electron chi connectivity index (χ4n) is 1.54. The van der Waals surface area contributed by atoms with Gasteiger partial charge in [-0.15, -0.1) is 0 Å². The lowest BCUT2D eigenvalue weighted by Crippen LogP contribution is -2.44. The lowest BCUT2D eigenvalue weighted by Gasteiger charge is -2.34. The van der Waals surface area contributed by atoms with Crippen LogP contribution in [-0.2, 0) is 9.53 Å². The van der Waals surface area contributed by atoms with E-state index in [9.17, 15) is 4.79 Å². The zero-order chi connectivity index (χ0) is 12.8. The van der Waals surface area contributed by atoms with E-state index >= 15 is 0 Å². The predicted octanol–water partition coefficient (Wildman–Crippen LogP) is 2.35. The van der Waals surface area contributed by atoms with Gasteiger partial charge in [-0.1, -0.05) is 20.8 Å². The van der Waals surface area contributed by atoms with Gasteiger partial charge in [0.25, 0.3) is 0 Å². The SMILES string of the molecule is CCC(C)N(CCOC)CC(C)(C)C(C)=O. The lowest BCUT2D eigenvalue weighted by molar-refractivity contribution is -0.126. The highest BCUT2D eigenvalue weighted by molar-refractivity contribution is 5.81. The number of ether oxygens (including phenoxy) is 1. The average molecular weight is 229 g/mol. The Morgan fingerprint density at radius 2 is 2.00 bits per heavy atom. The number of nitrogens with zero attached hydrogens (tertiary/aromatic N) is 1. The van der Waals surface area contributed by atoms with Crippen LogP contribution in [0.1, 0.15) is 41.0 Å². The molecule has 16 heavy (non-hydrogen) atoms. The van der Waals surface area contributed by atoms with Crippen LogP contribution in [0.2, 0.25) is 0 Å². The van der Waals surface area contributed by atoms with Gasteiger partial charge in [0.05, 0.1) is 6.61 Å². The molecule has 0 aliphatic carbocycles. The summed E-state index contributed by atoms with van der Waals surface area (Å²) in [6.07, 6.45) is 1.09. The maximum atomic E-state index is 11.5. The molecule has 0 spiro atoms. The van der Waals surface area contributed by atoms with Crippen LogP contribution in [0.25, 0.3) is 0 Å². The molecule has 0 aromatic rings. The standard InChI is InChI=1S/C13H27NO2/c1-7-11(2)14(8-9-16-6)10-13(4,5)12(3)15/h11H,7-10H2,1-6H3. The van der Waals surface area contributed by atoms with E-state index in [2.05, 4.69) is 18.7 Å². The number of Topliss-reactive ketones (excluding diaryl/α,β-unsaturated/α-hetero) is 1. The normalized spacial score (nSPS) is 14.2. The van der Waals surface area contributed by atoms with Gasteiger partial charge in [-0.25, -0.2) is 0 Å². The van der Waals surface area contributed by atoms with E-state index in [0.29, 0.717) is 6.04 Å². The summed E-state index contributed by atoms with van der Waals surface area (Å²) in [6, 6.07) is 0.494. The van der Waals surface area contributed by atoms with E-state index in [1.54, 1.807) is 14.0 Å². The van der Waals surface area contributed by atoms with Crippen molar-refractivity contribution in [1.82, 2.24) is 4.90 Å². The number of rotatable bonds is 8. The second-order valence-corrected chi connectivity index (χ2v) is 5.16. The summed E-state index contributed by atoms with van der Waals surface area (Å²) in [7, 11) is 1.71. The van der Waals surface area contributed by atoms with Crippen LogP contribution in [0, 0.1) is 5.41 Å². The molecule has 1 unspecified atom stereocenters. The Morgan fingerprint density at radius 1 is 1.44 bits per heavy atom. The van der Waals surface area contributed by atoms with Crippen molar-refractivity contribution in [2.24, 2.45) is 5.41 Å². The Labute approximate surface area is 100 Å². The fraction of sp³-hybridized carbons (Fsp3) is 0.923. The van der Waals surface area contributed by atoms with Gasteiger partial charge in [-0.2, -0.15) is 0 Å². The quantitative estimate of drug-likeness (QED) is 0.640. The third-order valence-corrected chi connectivity index (χ3v) is 3.35. The molecule has 0 amide bonds. The van der Waals surface area contributed by atoms with Gasteiger partial charge >= 0.3 is 0 Å². The minimum Gasteiger partial charge on any atom is -0.383 e. The van der Waals surface area contributed by atoms with E-state index in [1.165, 1.54) is 0 Å². The third kappa shape index (κ3) is 5.08. The second-order valence-electron chi connectivity index (χ2n) is 5.16. The Bertz CT molecular complexity index is 214. The molecule has 0 saturated carbocycles. The first kappa shape index (κ1) is 15.6. The summed E-state index contributed by atoms with van der Waals surface area (Å²) in [6.45, 7) is 12.5. The molecule has 0 radical (unpaired) electrons. The first-order chi connectivity index (χ1) is 7.35. The molecular formula is C13H27NO2. The number of carbonyl (C=O) groups is 1. The Kier molecular flexibility index (Phi) is 6.84. The van der Waals surface area contributed by atoms with Crippen LogP contribution in [-0.4, -0.2) is 43.5 Å². The van der Waals surface area contributed by atoms with Crippen molar-refractivity contribution in [1.29, 1.82) is 0 Å². The molecule has 0 saturated heterocycles. The van der Waals surface area contributed by atoms with Crippen molar-refractivity contribution in [3.8, 4) is 0 Å². The summed E-state index contributed by atoms with van der Waals surface area (Å²) < 4.78 is 5.12. The molecule has 0 aromatic carbocycles. The molecule has 3 nitrogen and oxygen atoms in total. The summed E-state index contributed by atoms with van der Waals surface area (Å²) in [5, 5.41) is 0. The second kappa shape index (κ2) is 7.02. The molecule has 3 heteroatoms. The third-order valence-electron chi connectivity index (χ3n) is 3.35. The van der Waals surface area contributed by atoms with Crippen molar-refractivity contribution < 1.29 is 9.53 Å². The molecule has 0 heterocycles. The maximum absolute atomic E-state index is 11.5. The lowest BCUT2D eigenvalue weighted by atomic mass is 9.88. The Hall–Kier alpha value is -0.410. The van der Waals surface area contributed by atoms with E-state index in [4.69, 9.17) is 4.74 Å². The van der Waals surface area contributed by atoms with E-state index in [-0.39, 0.29) is 11.2 Å². The summed E-state index contributed by atoms with van der Waals surface area (Å²) in [5.74, 6) is 0.248. The Morgan fingerprint density at radius 3 is 2.38 bits per heavy atom. The van der Waals surface area contributed by atoms with Gasteiger partial charge in [0, 0.05) is 31.7 Å². The number of hydrogen-bond acceptors (Lipinski definition) is 3. The van der Waals surface area contributed by atoms with Gasteiger partial charge in [-0.05, 0) is 20.3 Å². The molecule has 0 fully saturated rings. The van der Waals surface area contributed by atoms with Crippen LogP contribution in [0.5, 0.6) is 0 Å². The van der Waals surface area contributed by atoms with Crippen molar-refractivity contribution in [2.45, 2.75) is 47.1 Å². The minimum absolute atomic E-state index is 0.248. The first-order valence-corrected chi connectivity index (χ1v) is 6.09. The molecular weight excluding hydrogens is 202 g/mol. The van der Waals surface area contributed by atoms with Crippen molar-refractivity contribution in [3.05, 3.63) is 0 Å². The number of methoxy groups -OCH3 is 1. The zero-order valence-electron chi connectivity index (χ0n) is 11.7. The highest BCUT2D eigenvalue weighted by Gasteiger charge is 2.28. The number of ketones is 1. The average Bonchev–Trinajstić information content (AvgIpc) is 2.22. The molecule has 0 bridgehead atoms. The van der Waals surface area contributed by atoms with Crippen LogP contribution < -0.4 is 0 Å². The molecule has 0 aliphatic rings. The highest BCUT2D eigenvalue weighted by Crippen LogP contribution is 2.20. The topological polar surface area (TPSA) is 29.5 Å². The van der Waals surface area contributed by atoms with Gasteiger partial charge in [-0.3, -0.25) is 9.69 Å². The molecule has 0 N–H and O–H groups in total. The maximum Gasteiger partial charge on any atom is 0.136 e. The largest absolute Gasteiger partial charge is 0.383 e. The number of carbonyl (C=O) groups excluding carboxylic acids is 1. The van der Waals surface area contributed by atoms with E-state index < -0.39 is 0 Å². The smallest absolute Gasteiger partial charge is 0.136 e. The molecule has 0 aliphatic heterocycles. The van der Waals surface area contributed by atoms with Gasteiger partial charge in [0.15, 0.2) is 0 Å². The Balaban J connectivity index is 4.46. The molecule has 96 valence electrons. The summed E-state index contributed by atoms with van der Waals surface area (Å²) in [5.41, 5.74) is -0.267. The van der Waals surface area contributed by atoms with E-state index in [0.717, 1.165) is 26.1 Å². The summed E-state index contributed by atoms with van der Waals surface area (Å²) in [4.78, 5) is 13.9. The van der Waals surface area contributed by atoms with Gasteiger partial charge in [0.1, 0.15) is 5.78 Å². The fourth-order valence-corrected chi connectivity index (χ4v) is 1.54. The monoisotopic (exact) mass is 229 g/mol. The first-order valence-electron chi connectivity index (χ1n) is 6.09. The van der Waals surface area contributed by atoms with Gasteiger partial charge < -0.3 is 4.74 Å². The van der Waals surface area contributed by atoms with E-state index in [1.807, 2.05) is 13.8 Å². The zero-order valence-corrected chi connectivity index (χ0v) is 11.7. The molecule has 1 atom stereocenters. The predicted molar refractivity (Wildman–Crippen MR) is 67.7 cm³/mol. The van der Waals surface area contributed by atoms with Crippen molar-refractivity contribution in [2.75, 3.05) is 26.8 Å². The molecule has 0 aromatic heterocycles. The minimum atomic E-state index is -0.267. The molecule has 0 rings (SSSR count). The highest BCUT2D eigenvalue weighted by atomic mass is 16.5. The van der Waals surface area contributed by atoms with Crippen molar-refractivity contribution in [3.63, 3.8) is 0 Å². The van der Waals surface area contributed by atoms with Crippen LogP contribution in [0.15, 0.2) is 0 Å². The van der Waals surface area contributed by atoms with Crippen LogP contribution in [0.3, 0.4) is 0 Å². The summed E-state index contributed by atoms with van der Waals surface area (Å²) >= 11 is 0. The van der Waals surface area contributed by atoms with Crippen molar-refractivity contribution >= 4 is 5.78 Å². The van der Waals surface area contributed by atoms with Crippen LogP contribution in [0.4, 0.5) is 0 Å². The van der Waals surface area contributed by atoms with Crippen LogP contribution >= 0.6 is 0 Å². The van der Waals surface area contributed by atoms with Gasteiger partial charge in [0.2, 0.25) is 0 Å². The number of hydrogen-bond donors (Lipinski definition) is 0.